The van der Waals surface area contributed by atoms with E-state index in [1.54, 1.807) is 0 Å². The van der Waals surface area contributed by atoms with Gasteiger partial charge in [0.15, 0.2) is 0 Å². The second-order valence-electron chi connectivity index (χ2n) is 3.63. The molecule has 0 aliphatic heterocycles. The summed E-state index contributed by atoms with van der Waals surface area (Å²) in [5.74, 6) is -0.427. The number of nitrogens with one attached hydrogen (secondary N) is 1. The number of hydrogen-bond acceptors (Lipinski definition) is 4. The van der Waals surface area contributed by atoms with Gasteiger partial charge in [-0.2, -0.15) is 0 Å². The van der Waals surface area contributed by atoms with Crippen molar-refractivity contribution in [3.63, 3.8) is 0 Å². The SMILES string of the molecule is Cc1cc(CNCCOCC(N)=O)c(C)s1. The molecule has 1 aromatic rings. The van der Waals surface area contributed by atoms with Crippen LogP contribution in [0.3, 0.4) is 0 Å². The van der Waals surface area contributed by atoms with Crippen LogP contribution in [0.25, 0.3) is 0 Å². The third-order valence-corrected chi connectivity index (χ3v) is 3.13. The number of aryl methyl sites for hydroxylation is 2. The van der Waals surface area contributed by atoms with Crippen LogP contribution in [0.15, 0.2) is 6.07 Å². The van der Waals surface area contributed by atoms with E-state index in [4.69, 9.17) is 10.5 Å². The Balaban J connectivity index is 2.11. The van der Waals surface area contributed by atoms with Crippen LogP contribution in [0.1, 0.15) is 15.3 Å². The highest BCUT2D eigenvalue weighted by atomic mass is 32.1. The van der Waals surface area contributed by atoms with E-state index < -0.39 is 5.91 Å². The molecule has 0 aliphatic carbocycles. The van der Waals surface area contributed by atoms with Crippen LogP contribution < -0.4 is 11.1 Å². The monoisotopic (exact) mass is 242 g/mol. The third kappa shape index (κ3) is 4.74. The maximum Gasteiger partial charge on any atom is 0.243 e. The van der Waals surface area contributed by atoms with Gasteiger partial charge < -0.3 is 15.8 Å². The Morgan fingerprint density at radius 1 is 1.56 bits per heavy atom. The zero-order chi connectivity index (χ0) is 12.0. The summed E-state index contributed by atoms with van der Waals surface area (Å²) in [4.78, 5) is 13.1. The molecule has 0 radical (unpaired) electrons. The molecule has 1 amide bonds. The van der Waals surface area contributed by atoms with Crippen molar-refractivity contribution in [3.05, 3.63) is 21.4 Å². The van der Waals surface area contributed by atoms with Gasteiger partial charge in [-0.15, -0.1) is 11.3 Å². The number of amides is 1. The molecule has 3 N–H and O–H groups in total. The first kappa shape index (κ1) is 13.2. The fourth-order valence-corrected chi connectivity index (χ4v) is 2.35. The van der Waals surface area contributed by atoms with Crippen LogP contribution in [0, 0.1) is 13.8 Å². The van der Waals surface area contributed by atoms with Crippen LogP contribution >= 0.6 is 11.3 Å². The molecule has 0 atom stereocenters. The van der Waals surface area contributed by atoms with E-state index in [-0.39, 0.29) is 6.61 Å². The predicted molar refractivity (Wildman–Crippen MR) is 65.5 cm³/mol. The highest BCUT2D eigenvalue weighted by molar-refractivity contribution is 7.12. The zero-order valence-corrected chi connectivity index (χ0v) is 10.5. The Bertz CT molecular complexity index is 350. The molecule has 0 spiro atoms. The predicted octanol–water partition coefficient (Wildman–Crippen LogP) is 0.956. The highest BCUT2D eigenvalue weighted by Gasteiger charge is 2.01. The fourth-order valence-electron chi connectivity index (χ4n) is 1.40. The van der Waals surface area contributed by atoms with Gasteiger partial charge in [-0.1, -0.05) is 0 Å². The molecule has 0 saturated carbocycles. The average Bonchev–Trinajstić information content (AvgIpc) is 2.50. The van der Waals surface area contributed by atoms with Crippen molar-refractivity contribution in [3.8, 4) is 0 Å². The number of thiophene rings is 1. The van der Waals surface area contributed by atoms with E-state index >= 15 is 0 Å². The molecule has 1 heterocycles. The van der Waals surface area contributed by atoms with E-state index in [1.165, 1.54) is 15.3 Å². The summed E-state index contributed by atoms with van der Waals surface area (Å²) in [6.07, 6.45) is 0. The van der Waals surface area contributed by atoms with E-state index in [2.05, 4.69) is 25.2 Å². The van der Waals surface area contributed by atoms with E-state index in [1.807, 2.05) is 11.3 Å². The molecule has 5 heteroatoms. The molecular formula is C11H18N2O2S. The third-order valence-electron chi connectivity index (χ3n) is 2.13. The lowest BCUT2D eigenvalue weighted by Gasteiger charge is -2.04. The Hall–Kier alpha value is -0.910. The van der Waals surface area contributed by atoms with Crippen molar-refractivity contribution >= 4 is 17.2 Å². The Labute approximate surface area is 99.8 Å². The normalized spacial score (nSPS) is 10.6. The largest absolute Gasteiger partial charge is 0.370 e. The van der Waals surface area contributed by atoms with Gasteiger partial charge in [-0.3, -0.25) is 4.79 Å². The van der Waals surface area contributed by atoms with Crippen LogP contribution in [0.4, 0.5) is 0 Å². The van der Waals surface area contributed by atoms with Crippen LogP contribution in [0.5, 0.6) is 0 Å². The summed E-state index contributed by atoms with van der Waals surface area (Å²) >= 11 is 1.81. The van der Waals surface area contributed by atoms with Gasteiger partial charge in [0.05, 0.1) is 6.61 Å². The Kier molecular flexibility index (Phi) is 5.45. The number of rotatable bonds is 7. The van der Waals surface area contributed by atoms with Crippen molar-refractivity contribution in [1.82, 2.24) is 5.32 Å². The van der Waals surface area contributed by atoms with Gasteiger partial charge in [-0.25, -0.2) is 0 Å². The lowest BCUT2D eigenvalue weighted by atomic mass is 10.2. The van der Waals surface area contributed by atoms with E-state index in [0.717, 1.165) is 13.1 Å². The first-order valence-electron chi connectivity index (χ1n) is 5.22. The van der Waals surface area contributed by atoms with E-state index in [0.29, 0.717) is 6.61 Å². The van der Waals surface area contributed by atoms with Crippen LogP contribution in [-0.4, -0.2) is 25.7 Å². The lowest BCUT2D eigenvalue weighted by Crippen LogP contribution is -2.23. The van der Waals surface area contributed by atoms with Crippen molar-refractivity contribution in [2.75, 3.05) is 19.8 Å². The van der Waals surface area contributed by atoms with Gasteiger partial charge in [-0.05, 0) is 25.5 Å². The molecule has 0 aromatic carbocycles. The summed E-state index contributed by atoms with van der Waals surface area (Å²) in [6.45, 7) is 6.30. The Morgan fingerprint density at radius 2 is 2.31 bits per heavy atom. The number of ether oxygens (including phenoxy) is 1. The maximum atomic E-state index is 10.4. The molecule has 1 rings (SSSR count). The minimum absolute atomic E-state index is 0.00172. The van der Waals surface area contributed by atoms with E-state index in [9.17, 15) is 4.79 Å². The molecule has 0 bridgehead atoms. The van der Waals surface area contributed by atoms with Gasteiger partial charge in [0, 0.05) is 22.8 Å². The van der Waals surface area contributed by atoms with Gasteiger partial charge in [0.1, 0.15) is 6.61 Å². The zero-order valence-electron chi connectivity index (χ0n) is 9.71. The standard InChI is InChI=1S/C11H18N2O2S/c1-8-5-10(9(2)16-8)6-13-3-4-15-7-11(12)14/h5,13H,3-4,6-7H2,1-2H3,(H2,12,14). The molecule has 1 aromatic heterocycles. The van der Waals surface area contributed by atoms with Crippen molar-refractivity contribution in [2.45, 2.75) is 20.4 Å². The lowest BCUT2D eigenvalue weighted by molar-refractivity contribution is -0.122. The van der Waals surface area contributed by atoms with Crippen LogP contribution in [0.2, 0.25) is 0 Å². The van der Waals surface area contributed by atoms with Gasteiger partial charge in [0.2, 0.25) is 5.91 Å². The summed E-state index contributed by atoms with van der Waals surface area (Å²) in [5, 5.41) is 3.26. The first-order valence-corrected chi connectivity index (χ1v) is 6.04. The minimum atomic E-state index is -0.427. The Morgan fingerprint density at radius 3 is 2.88 bits per heavy atom. The average molecular weight is 242 g/mol. The molecule has 90 valence electrons. The molecule has 4 nitrogen and oxygen atoms in total. The number of nitrogens with two attached hydrogens (primary N) is 1. The van der Waals surface area contributed by atoms with Crippen LogP contribution in [-0.2, 0) is 16.1 Å². The molecule has 0 aliphatic rings. The number of hydrogen-bond donors (Lipinski definition) is 2. The first-order chi connectivity index (χ1) is 7.59. The number of primary amides is 1. The smallest absolute Gasteiger partial charge is 0.243 e. The summed E-state index contributed by atoms with van der Waals surface area (Å²) in [7, 11) is 0. The summed E-state index contributed by atoms with van der Waals surface area (Å²) in [6, 6.07) is 2.19. The number of carbonyl (C=O) groups is 1. The molecular weight excluding hydrogens is 224 g/mol. The molecule has 0 saturated heterocycles. The summed E-state index contributed by atoms with van der Waals surface area (Å²) < 4.78 is 5.03. The topological polar surface area (TPSA) is 64.3 Å². The maximum absolute atomic E-state index is 10.4. The highest BCUT2D eigenvalue weighted by Crippen LogP contribution is 2.19. The molecule has 0 fully saturated rings. The summed E-state index contributed by atoms with van der Waals surface area (Å²) in [5.41, 5.74) is 6.27. The van der Waals surface area contributed by atoms with Crippen molar-refractivity contribution in [1.29, 1.82) is 0 Å². The second kappa shape index (κ2) is 6.62. The quantitative estimate of drug-likeness (QED) is 0.700. The number of carbonyl (C=O) groups excluding carboxylic acids is 1. The molecule has 16 heavy (non-hydrogen) atoms. The minimum Gasteiger partial charge on any atom is -0.370 e. The fraction of sp³-hybridized carbons (Fsp3) is 0.545. The second-order valence-corrected chi connectivity index (χ2v) is 5.09. The van der Waals surface area contributed by atoms with Crippen molar-refractivity contribution in [2.24, 2.45) is 5.73 Å². The van der Waals surface area contributed by atoms with Gasteiger partial charge in [0.25, 0.3) is 0 Å². The van der Waals surface area contributed by atoms with Crippen molar-refractivity contribution < 1.29 is 9.53 Å². The van der Waals surface area contributed by atoms with Gasteiger partial charge >= 0.3 is 0 Å². The molecule has 0 unspecified atom stereocenters.